The molecule has 1 saturated heterocycles. The minimum absolute atomic E-state index is 0.0268. The summed E-state index contributed by atoms with van der Waals surface area (Å²) in [6, 6.07) is 6.68. The summed E-state index contributed by atoms with van der Waals surface area (Å²) in [4.78, 5) is 12.1. The molecule has 0 radical (unpaired) electrons. The van der Waals surface area contributed by atoms with Crippen molar-refractivity contribution in [2.24, 2.45) is 5.92 Å². The predicted molar refractivity (Wildman–Crippen MR) is 91.4 cm³/mol. The first kappa shape index (κ1) is 18.9. The Hall–Kier alpha value is -1.46. The molecule has 1 aromatic rings. The van der Waals surface area contributed by atoms with Crippen LogP contribution in [0.15, 0.2) is 24.3 Å². The van der Waals surface area contributed by atoms with E-state index in [1.165, 1.54) is 6.07 Å². The Labute approximate surface area is 143 Å². The monoisotopic (exact) mass is 337 g/mol. The molecule has 1 aliphatic rings. The van der Waals surface area contributed by atoms with Gasteiger partial charge in [0.25, 0.3) is 0 Å². The molecule has 4 nitrogen and oxygen atoms in total. The summed E-state index contributed by atoms with van der Waals surface area (Å²) >= 11 is 0. The molecule has 1 fully saturated rings. The molecule has 0 saturated carbocycles. The first-order valence-corrected chi connectivity index (χ1v) is 8.70. The number of hydrogen-bond donors (Lipinski definition) is 1. The first-order valence-electron chi connectivity index (χ1n) is 8.70. The van der Waals surface area contributed by atoms with Crippen molar-refractivity contribution in [2.75, 3.05) is 33.0 Å². The lowest BCUT2D eigenvalue weighted by atomic mass is 9.74. The van der Waals surface area contributed by atoms with E-state index in [4.69, 9.17) is 9.47 Å². The van der Waals surface area contributed by atoms with Crippen molar-refractivity contribution in [1.82, 2.24) is 5.32 Å². The lowest BCUT2D eigenvalue weighted by Gasteiger charge is -2.38. The SMILES string of the molecule is CC(C)COCCC(=O)NCC1(c2cccc(F)c2)CCOCC1. The maximum atomic E-state index is 13.6. The fourth-order valence-corrected chi connectivity index (χ4v) is 2.99. The molecule has 0 aliphatic carbocycles. The van der Waals surface area contributed by atoms with Gasteiger partial charge in [0.1, 0.15) is 5.82 Å². The van der Waals surface area contributed by atoms with Crippen LogP contribution in [0.1, 0.15) is 38.7 Å². The van der Waals surface area contributed by atoms with Gasteiger partial charge in [0.2, 0.25) is 5.91 Å². The second-order valence-electron chi connectivity index (χ2n) is 6.90. The number of hydrogen-bond acceptors (Lipinski definition) is 3. The van der Waals surface area contributed by atoms with Crippen LogP contribution in [0.2, 0.25) is 0 Å². The van der Waals surface area contributed by atoms with Gasteiger partial charge >= 0.3 is 0 Å². The number of amides is 1. The normalized spacial score (nSPS) is 17.0. The highest BCUT2D eigenvalue weighted by Crippen LogP contribution is 2.34. The summed E-state index contributed by atoms with van der Waals surface area (Å²) in [6.45, 7) is 7.01. The van der Waals surface area contributed by atoms with Crippen molar-refractivity contribution in [1.29, 1.82) is 0 Å². The summed E-state index contributed by atoms with van der Waals surface area (Å²) in [5.74, 6) is 0.194. The molecule has 1 amide bonds. The number of ether oxygens (including phenoxy) is 2. The average molecular weight is 337 g/mol. The zero-order valence-electron chi connectivity index (χ0n) is 14.6. The summed E-state index contributed by atoms with van der Waals surface area (Å²) in [6.07, 6.45) is 1.91. The van der Waals surface area contributed by atoms with E-state index in [2.05, 4.69) is 19.2 Å². The third-order valence-electron chi connectivity index (χ3n) is 4.44. The van der Waals surface area contributed by atoms with E-state index in [1.807, 2.05) is 6.07 Å². The Morgan fingerprint density at radius 2 is 2.12 bits per heavy atom. The van der Waals surface area contributed by atoms with E-state index < -0.39 is 0 Å². The molecule has 0 aromatic heterocycles. The summed E-state index contributed by atoms with van der Waals surface area (Å²) in [7, 11) is 0. The van der Waals surface area contributed by atoms with E-state index in [0.717, 1.165) is 18.4 Å². The second-order valence-corrected chi connectivity index (χ2v) is 6.90. The molecule has 1 N–H and O–H groups in total. The van der Waals surface area contributed by atoms with E-state index in [-0.39, 0.29) is 17.1 Å². The van der Waals surface area contributed by atoms with Crippen molar-refractivity contribution in [3.63, 3.8) is 0 Å². The highest BCUT2D eigenvalue weighted by Gasteiger charge is 2.35. The number of rotatable bonds is 8. The molecule has 0 bridgehead atoms. The van der Waals surface area contributed by atoms with Crippen LogP contribution in [0.25, 0.3) is 0 Å². The Morgan fingerprint density at radius 1 is 1.38 bits per heavy atom. The zero-order chi connectivity index (χ0) is 17.4. The zero-order valence-corrected chi connectivity index (χ0v) is 14.6. The van der Waals surface area contributed by atoms with Gasteiger partial charge in [-0.3, -0.25) is 4.79 Å². The lowest BCUT2D eigenvalue weighted by Crippen LogP contribution is -2.44. The number of benzene rings is 1. The minimum Gasteiger partial charge on any atom is -0.381 e. The van der Waals surface area contributed by atoms with Crippen LogP contribution in [0.4, 0.5) is 4.39 Å². The molecule has 134 valence electrons. The second kappa shape index (κ2) is 9.14. The molecule has 1 aliphatic heterocycles. The molecule has 1 aromatic carbocycles. The molecule has 24 heavy (non-hydrogen) atoms. The van der Waals surface area contributed by atoms with Gasteiger partial charge < -0.3 is 14.8 Å². The van der Waals surface area contributed by atoms with E-state index in [9.17, 15) is 9.18 Å². The molecule has 0 spiro atoms. The summed E-state index contributed by atoms with van der Waals surface area (Å²) in [5.41, 5.74) is 0.677. The average Bonchev–Trinajstić information content (AvgIpc) is 2.57. The first-order chi connectivity index (χ1) is 11.5. The van der Waals surface area contributed by atoms with E-state index in [1.54, 1.807) is 12.1 Å². The molecule has 1 heterocycles. The number of carbonyl (C=O) groups excluding carboxylic acids is 1. The summed E-state index contributed by atoms with van der Waals surface area (Å²) in [5, 5.41) is 3.00. The standard InChI is InChI=1S/C19H28FNO3/c1-15(2)13-24-9-6-18(22)21-14-19(7-10-23-11-8-19)16-4-3-5-17(20)12-16/h3-5,12,15H,6-11,13-14H2,1-2H3,(H,21,22). The van der Waals surface area contributed by atoms with Crippen LogP contribution in [0, 0.1) is 11.7 Å². The predicted octanol–water partition coefficient (Wildman–Crippen LogP) is 3.05. The van der Waals surface area contributed by atoms with Crippen molar-refractivity contribution < 1.29 is 18.7 Å². The largest absolute Gasteiger partial charge is 0.381 e. The minimum atomic E-state index is -0.255. The molecule has 0 atom stereocenters. The Balaban J connectivity index is 1.91. The summed E-state index contributed by atoms with van der Waals surface area (Å²) < 4.78 is 24.5. The quantitative estimate of drug-likeness (QED) is 0.742. The van der Waals surface area contributed by atoms with Gasteiger partial charge in [-0.1, -0.05) is 26.0 Å². The Morgan fingerprint density at radius 3 is 2.79 bits per heavy atom. The van der Waals surface area contributed by atoms with Crippen LogP contribution in [0.3, 0.4) is 0 Å². The Bertz CT molecular complexity index is 527. The molecular formula is C19H28FNO3. The topological polar surface area (TPSA) is 47.6 Å². The van der Waals surface area contributed by atoms with Crippen LogP contribution in [-0.2, 0) is 19.7 Å². The van der Waals surface area contributed by atoms with Gasteiger partial charge in [0.15, 0.2) is 0 Å². The number of nitrogens with one attached hydrogen (secondary N) is 1. The third-order valence-corrected chi connectivity index (χ3v) is 4.44. The Kier molecular flexibility index (Phi) is 7.18. The molecular weight excluding hydrogens is 309 g/mol. The highest BCUT2D eigenvalue weighted by atomic mass is 19.1. The maximum absolute atomic E-state index is 13.6. The van der Waals surface area contributed by atoms with Crippen molar-refractivity contribution >= 4 is 5.91 Å². The third kappa shape index (κ3) is 5.56. The van der Waals surface area contributed by atoms with Gasteiger partial charge in [0.05, 0.1) is 6.61 Å². The van der Waals surface area contributed by atoms with Gasteiger partial charge in [0, 0.05) is 38.2 Å². The van der Waals surface area contributed by atoms with Gasteiger partial charge in [-0.2, -0.15) is 0 Å². The van der Waals surface area contributed by atoms with Gasteiger partial charge in [-0.25, -0.2) is 4.39 Å². The molecule has 2 rings (SSSR count). The number of carbonyl (C=O) groups is 1. The highest BCUT2D eigenvalue weighted by molar-refractivity contribution is 5.76. The maximum Gasteiger partial charge on any atom is 0.222 e. The van der Waals surface area contributed by atoms with E-state index in [0.29, 0.717) is 45.3 Å². The van der Waals surface area contributed by atoms with Crippen LogP contribution in [-0.4, -0.2) is 38.9 Å². The lowest BCUT2D eigenvalue weighted by molar-refractivity contribution is -0.122. The van der Waals surface area contributed by atoms with E-state index >= 15 is 0 Å². The van der Waals surface area contributed by atoms with Crippen LogP contribution >= 0.6 is 0 Å². The number of halogens is 1. The van der Waals surface area contributed by atoms with Crippen LogP contribution in [0.5, 0.6) is 0 Å². The van der Waals surface area contributed by atoms with Crippen LogP contribution < -0.4 is 5.32 Å². The van der Waals surface area contributed by atoms with Crippen molar-refractivity contribution in [2.45, 2.75) is 38.5 Å². The van der Waals surface area contributed by atoms with Gasteiger partial charge in [-0.05, 0) is 36.5 Å². The molecule has 5 heteroatoms. The smallest absolute Gasteiger partial charge is 0.222 e. The van der Waals surface area contributed by atoms with Crippen molar-refractivity contribution in [3.05, 3.63) is 35.6 Å². The fraction of sp³-hybridized carbons (Fsp3) is 0.632. The fourth-order valence-electron chi connectivity index (χ4n) is 2.99. The molecule has 0 unspecified atom stereocenters. The van der Waals surface area contributed by atoms with Crippen molar-refractivity contribution in [3.8, 4) is 0 Å². The van der Waals surface area contributed by atoms with Gasteiger partial charge in [-0.15, -0.1) is 0 Å².